The summed E-state index contributed by atoms with van der Waals surface area (Å²) < 4.78 is 47.3. The second-order valence-electron chi connectivity index (χ2n) is 10.1. The van der Waals surface area contributed by atoms with Crippen molar-refractivity contribution in [3.8, 4) is 0 Å². The van der Waals surface area contributed by atoms with Crippen molar-refractivity contribution in [2.75, 3.05) is 13.2 Å². The highest BCUT2D eigenvalue weighted by Gasteiger charge is 2.47. The van der Waals surface area contributed by atoms with Crippen molar-refractivity contribution in [3.05, 3.63) is 130 Å². The molecule has 0 radical (unpaired) electrons. The van der Waals surface area contributed by atoms with Gasteiger partial charge < -0.3 is 10.2 Å². The minimum Gasteiger partial charge on any atom is -0.461 e. The van der Waals surface area contributed by atoms with E-state index in [0.717, 1.165) is 27.1 Å². The molecule has 0 atom stereocenters. The summed E-state index contributed by atoms with van der Waals surface area (Å²) in [6.45, 7) is 0.753. The van der Waals surface area contributed by atoms with Gasteiger partial charge in [0, 0.05) is 23.4 Å². The molecule has 2 aliphatic rings. The normalized spacial score (nSPS) is 15.3. The molecule has 0 spiro atoms. The van der Waals surface area contributed by atoms with Crippen LogP contribution in [0.15, 0.2) is 96.7 Å². The van der Waals surface area contributed by atoms with E-state index in [1.807, 2.05) is 54.6 Å². The van der Waals surface area contributed by atoms with Gasteiger partial charge in [0.25, 0.3) is 0 Å². The van der Waals surface area contributed by atoms with Crippen LogP contribution in [-0.2, 0) is 23.2 Å². The van der Waals surface area contributed by atoms with Crippen molar-refractivity contribution in [1.82, 2.24) is 20.2 Å². The summed E-state index contributed by atoms with van der Waals surface area (Å²) >= 11 is 0. The van der Waals surface area contributed by atoms with Crippen LogP contribution in [0.4, 0.5) is 13.2 Å². The maximum Gasteiger partial charge on any atom is 0.408 e. The highest BCUT2D eigenvalue weighted by atomic mass is 19.4. The van der Waals surface area contributed by atoms with Gasteiger partial charge in [-0.15, -0.1) is 0 Å². The van der Waals surface area contributed by atoms with Crippen molar-refractivity contribution in [2.24, 2.45) is 0 Å². The molecule has 41 heavy (non-hydrogen) atoms. The Morgan fingerprint density at radius 3 is 1.90 bits per heavy atom. The molecular formula is C32H29F3N4O2. The molecule has 1 aromatic heterocycles. The van der Waals surface area contributed by atoms with E-state index in [4.69, 9.17) is 4.74 Å². The molecule has 3 aromatic carbocycles. The Morgan fingerprint density at radius 2 is 1.41 bits per heavy atom. The number of alkyl halides is 3. The zero-order chi connectivity index (χ0) is 28.6. The lowest BCUT2D eigenvalue weighted by atomic mass is 9.76. The average molecular weight is 559 g/mol. The van der Waals surface area contributed by atoms with Gasteiger partial charge in [-0.25, -0.2) is 4.79 Å². The molecule has 210 valence electrons. The van der Waals surface area contributed by atoms with Crippen LogP contribution in [0.25, 0.3) is 5.57 Å². The van der Waals surface area contributed by atoms with Gasteiger partial charge in [0.15, 0.2) is 5.69 Å². The smallest absolute Gasteiger partial charge is 0.408 e. The van der Waals surface area contributed by atoms with Gasteiger partial charge >= 0.3 is 12.1 Å². The fourth-order valence-corrected chi connectivity index (χ4v) is 6.13. The minimum absolute atomic E-state index is 0.0449. The van der Waals surface area contributed by atoms with Crippen LogP contribution in [0.1, 0.15) is 51.8 Å². The number of nitrogens with one attached hydrogen (secondary N) is 1. The fraction of sp³-hybridized carbons (Fsp3) is 0.250. The molecule has 1 N–H and O–H groups in total. The number of benzene rings is 3. The first-order chi connectivity index (χ1) is 19.8. The first kappa shape index (κ1) is 26.8. The third-order valence-electron chi connectivity index (χ3n) is 7.69. The highest BCUT2D eigenvalue weighted by molar-refractivity contribution is 5.91. The van der Waals surface area contributed by atoms with Crippen LogP contribution in [0.2, 0.25) is 0 Å². The number of rotatable bonds is 7. The number of carbonyl (C=O) groups excluding carboxylic acids is 1. The van der Waals surface area contributed by atoms with Gasteiger partial charge in [0.05, 0.1) is 12.3 Å². The van der Waals surface area contributed by atoms with Crippen LogP contribution in [-0.4, -0.2) is 40.1 Å². The van der Waals surface area contributed by atoms with Crippen LogP contribution >= 0.6 is 0 Å². The molecule has 0 amide bonds. The number of halogens is 3. The first-order valence-electron chi connectivity index (χ1n) is 13.6. The van der Waals surface area contributed by atoms with Gasteiger partial charge in [-0.05, 0) is 36.5 Å². The molecule has 1 aliphatic heterocycles. The molecule has 6 nitrogen and oxygen atoms in total. The van der Waals surface area contributed by atoms with Gasteiger partial charge in [0.2, 0.25) is 0 Å². The Labute approximate surface area is 236 Å². The van der Waals surface area contributed by atoms with Crippen LogP contribution in [0, 0.1) is 0 Å². The number of fused-ring (bicyclic) bond motifs is 2. The van der Waals surface area contributed by atoms with Crippen molar-refractivity contribution < 1.29 is 22.7 Å². The lowest BCUT2D eigenvalue weighted by Crippen LogP contribution is -2.52. The monoisotopic (exact) mass is 558 g/mol. The highest BCUT2D eigenvalue weighted by Crippen LogP contribution is 2.46. The molecule has 0 bridgehead atoms. The Hall–Kier alpha value is -4.37. The van der Waals surface area contributed by atoms with Gasteiger partial charge in [-0.2, -0.15) is 23.3 Å². The van der Waals surface area contributed by atoms with Crippen LogP contribution in [0.5, 0.6) is 0 Å². The summed E-state index contributed by atoms with van der Waals surface area (Å²) in [7, 11) is 0. The number of ether oxygens (including phenoxy) is 1. The molecule has 0 saturated heterocycles. The van der Waals surface area contributed by atoms with Gasteiger partial charge in [0.1, 0.15) is 12.1 Å². The predicted molar refractivity (Wildman–Crippen MR) is 149 cm³/mol. The third kappa shape index (κ3) is 4.70. The van der Waals surface area contributed by atoms with Crippen LogP contribution < -0.4 is 5.43 Å². The quantitative estimate of drug-likeness (QED) is 0.220. The third-order valence-corrected chi connectivity index (χ3v) is 7.69. The average Bonchev–Trinajstić information content (AvgIpc) is 3.56. The summed E-state index contributed by atoms with van der Waals surface area (Å²) in [4.78, 5) is 12.7. The molecular weight excluding hydrogens is 529 g/mol. The van der Waals surface area contributed by atoms with Crippen molar-refractivity contribution >= 4 is 11.5 Å². The number of allylic oxidation sites excluding steroid dienone is 1. The Kier molecular flexibility index (Phi) is 6.91. The van der Waals surface area contributed by atoms with Crippen molar-refractivity contribution in [1.29, 1.82) is 0 Å². The molecule has 0 fully saturated rings. The SMILES string of the molecule is CCOC(=O)c1nn(CC(F)(F)F)c2c1CCC1=C2CN(C(c2ccccc2)(c2ccccc2)c2ccccc2)N1. The van der Waals surface area contributed by atoms with E-state index in [9.17, 15) is 18.0 Å². The summed E-state index contributed by atoms with van der Waals surface area (Å²) in [5.41, 5.74) is 8.10. The predicted octanol–water partition coefficient (Wildman–Crippen LogP) is 6.09. The zero-order valence-electron chi connectivity index (χ0n) is 22.5. The zero-order valence-corrected chi connectivity index (χ0v) is 22.5. The lowest BCUT2D eigenvalue weighted by molar-refractivity contribution is -0.142. The molecule has 1 aliphatic carbocycles. The van der Waals surface area contributed by atoms with E-state index in [1.54, 1.807) is 6.92 Å². The van der Waals surface area contributed by atoms with Crippen LogP contribution in [0.3, 0.4) is 0 Å². The first-order valence-corrected chi connectivity index (χ1v) is 13.6. The van der Waals surface area contributed by atoms with Gasteiger partial charge in [-0.1, -0.05) is 91.0 Å². The summed E-state index contributed by atoms with van der Waals surface area (Å²) in [5.74, 6) is -0.705. The van der Waals surface area contributed by atoms with E-state index in [0.29, 0.717) is 29.7 Å². The number of esters is 1. The number of hydrogen-bond acceptors (Lipinski definition) is 5. The van der Waals surface area contributed by atoms with Crippen molar-refractivity contribution in [3.63, 3.8) is 0 Å². The Balaban J connectivity index is 1.52. The molecule has 4 aromatic rings. The maximum atomic E-state index is 13.7. The standard InChI is InChI=1S/C32H29F3N4O2/c1-2-41-30(40)28-25-18-19-27-26(29(25)38(37-28)21-31(33,34)35)20-39(36-27)32(22-12-6-3-7-13-22,23-14-8-4-9-15-23)24-16-10-5-11-17-24/h3-17,36H,2,18-21H2,1H3. The lowest BCUT2D eigenvalue weighted by Gasteiger charge is -2.43. The number of hydrazine groups is 1. The summed E-state index contributed by atoms with van der Waals surface area (Å²) in [6.07, 6.45) is -3.62. The summed E-state index contributed by atoms with van der Waals surface area (Å²) in [5, 5.41) is 6.26. The Morgan fingerprint density at radius 1 is 0.878 bits per heavy atom. The molecule has 0 unspecified atom stereocenters. The van der Waals surface area contributed by atoms with E-state index in [2.05, 4.69) is 51.9 Å². The molecule has 9 heteroatoms. The fourth-order valence-electron chi connectivity index (χ4n) is 6.13. The summed E-state index contributed by atoms with van der Waals surface area (Å²) in [6, 6.07) is 30.2. The number of aromatic nitrogens is 2. The van der Waals surface area contributed by atoms with E-state index in [1.165, 1.54) is 0 Å². The van der Waals surface area contributed by atoms with E-state index >= 15 is 0 Å². The molecule has 0 saturated carbocycles. The Bertz CT molecular complexity index is 1490. The minimum atomic E-state index is -4.52. The van der Waals surface area contributed by atoms with E-state index in [-0.39, 0.29) is 18.8 Å². The molecule has 2 heterocycles. The second-order valence-corrected chi connectivity index (χ2v) is 10.1. The second kappa shape index (κ2) is 10.6. The largest absolute Gasteiger partial charge is 0.461 e. The van der Waals surface area contributed by atoms with Gasteiger partial charge in [-0.3, -0.25) is 4.68 Å². The van der Waals surface area contributed by atoms with Crippen molar-refractivity contribution in [2.45, 2.75) is 38.0 Å². The molecule has 6 rings (SSSR count). The topological polar surface area (TPSA) is 59.4 Å². The number of hydrogen-bond donors (Lipinski definition) is 1. The maximum absolute atomic E-state index is 13.7. The van der Waals surface area contributed by atoms with E-state index < -0.39 is 24.2 Å². The number of nitrogens with zero attached hydrogens (tertiary/aromatic N) is 3. The number of carbonyl (C=O) groups is 1.